The summed E-state index contributed by atoms with van der Waals surface area (Å²) in [7, 11) is 0. The summed E-state index contributed by atoms with van der Waals surface area (Å²) >= 11 is 0. The predicted molar refractivity (Wildman–Crippen MR) is 187 cm³/mol. The Morgan fingerprint density at radius 2 is 1.76 bits per heavy atom. The maximum absolute atomic E-state index is 13.2. The van der Waals surface area contributed by atoms with E-state index in [0.717, 1.165) is 81.8 Å². The topological polar surface area (TPSA) is 42.0 Å². The second-order valence-corrected chi connectivity index (χ2v) is 13.2. The Kier molecular flexibility index (Phi) is 11.2. The number of hydrogen-bond acceptors (Lipinski definition) is 5. The third kappa shape index (κ3) is 8.65. The molecule has 0 saturated carbocycles. The molecule has 0 bridgehead atoms. The Labute approximate surface area is 270 Å². The van der Waals surface area contributed by atoms with Gasteiger partial charge in [0.25, 0.3) is 0 Å². The van der Waals surface area contributed by atoms with Crippen LogP contribution in [0.4, 0.5) is 0 Å². The van der Waals surface area contributed by atoms with Crippen molar-refractivity contribution in [2.75, 3.05) is 32.7 Å². The van der Waals surface area contributed by atoms with Crippen LogP contribution in [0.3, 0.4) is 0 Å². The lowest BCUT2D eigenvalue weighted by Gasteiger charge is -2.35. The molecule has 5 nitrogen and oxygen atoms in total. The average molecular weight is 609 g/mol. The van der Waals surface area contributed by atoms with Crippen molar-refractivity contribution in [3.63, 3.8) is 0 Å². The lowest BCUT2D eigenvalue weighted by atomic mass is 9.85. The van der Waals surface area contributed by atoms with Crippen LogP contribution < -0.4 is 9.47 Å². The molecule has 0 atom stereocenters. The fraction of sp³-hybridized carbons (Fsp3) is 0.475. The number of carbonyl (C=O) groups is 1. The number of unbranched alkanes of at least 4 members (excludes halogenated alkanes) is 2. The largest absolute Gasteiger partial charge is 0.483 e. The molecule has 0 amide bonds. The SMILES string of the molecule is CCCCCc1cc(OC(=O)CCCN(CC)CC)c2c(c1)OC(C)(C)C=C2C1=CCN(Cc2ccc3ccccc3c2)CC1. The number of ether oxygens (including phenoxy) is 2. The van der Waals surface area contributed by atoms with E-state index in [1.807, 2.05) is 0 Å². The second kappa shape index (κ2) is 15.2. The van der Waals surface area contributed by atoms with Gasteiger partial charge < -0.3 is 14.4 Å². The predicted octanol–water partition coefficient (Wildman–Crippen LogP) is 8.99. The monoisotopic (exact) mass is 608 g/mol. The van der Waals surface area contributed by atoms with Crippen LogP contribution in [0.2, 0.25) is 0 Å². The van der Waals surface area contributed by atoms with Crippen molar-refractivity contribution in [3.8, 4) is 11.5 Å². The Balaban J connectivity index is 1.38. The molecule has 0 radical (unpaired) electrons. The Morgan fingerprint density at radius 3 is 2.49 bits per heavy atom. The van der Waals surface area contributed by atoms with E-state index in [1.165, 1.54) is 40.3 Å². The van der Waals surface area contributed by atoms with Gasteiger partial charge in [0.05, 0.1) is 5.56 Å². The molecule has 0 unspecified atom stereocenters. The van der Waals surface area contributed by atoms with E-state index in [0.29, 0.717) is 12.2 Å². The van der Waals surface area contributed by atoms with Crippen LogP contribution in [0, 0.1) is 0 Å². The molecule has 5 rings (SSSR count). The summed E-state index contributed by atoms with van der Waals surface area (Å²) in [4.78, 5) is 18.1. The van der Waals surface area contributed by atoms with Crippen molar-refractivity contribution in [1.29, 1.82) is 0 Å². The number of carbonyl (C=O) groups excluding carboxylic acids is 1. The number of rotatable bonds is 14. The summed E-state index contributed by atoms with van der Waals surface area (Å²) in [5, 5.41) is 2.57. The molecule has 0 aromatic heterocycles. The maximum atomic E-state index is 13.2. The maximum Gasteiger partial charge on any atom is 0.311 e. The zero-order chi connectivity index (χ0) is 31.8. The lowest BCUT2D eigenvalue weighted by Crippen LogP contribution is -2.32. The van der Waals surface area contributed by atoms with Crippen LogP contribution in [0.5, 0.6) is 11.5 Å². The Bertz CT molecular complexity index is 1530. The van der Waals surface area contributed by atoms with Crippen molar-refractivity contribution < 1.29 is 14.3 Å². The normalized spacial score (nSPS) is 16.2. The molecule has 2 aliphatic heterocycles. The van der Waals surface area contributed by atoms with Gasteiger partial charge in [-0.3, -0.25) is 9.69 Å². The minimum absolute atomic E-state index is 0.168. The standard InChI is InChI=1S/C40H52N2O3/c1-6-9-10-14-30-26-36(44-38(43)17-13-22-41(7-2)8-3)39-35(28-40(4,5)45-37(39)27-30)33-20-23-42(24-21-33)29-31-18-19-32-15-11-12-16-34(32)25-31/h11-12,15-16,18-20,25-28H,6-10,13-14,17,21-24,29H2,1-5H3. The number of aryl methyl sites for hydroxylation is 1. The highest BCUT2D eigenvalue weighted by molar-refractivity contribution is 5.89. The van der Waals surface area contributed by atoms with Gasteiger partial charge in [-0.25, -0.2) is 0 Å². The molecule has 45 heavy (non-hydrogen) atoms. The highest BCUT2D eigenvalue weighted by atomic mass is 16.5. The van der Waals surface area contributed by atoms with E-state index in [9.17, 15) is 4.79 Å². The molecule has 0 saturated heterocycles. The van der Waals surface area contributed by atoms with Crippen molar-refractivity contribution in [2.45, 2.75) is 91.7 Å². The van der Waals surface area contributed by atoms with E-state index in [-0.39, 0.29) is 5.97 Å². The molecule has 0 spiro atoms. The summed E-state index contributed by atoms with van der Waals surface area (Å²) in [5.74, 6) is 1.31. The van der Waals surface area contributed by atoms with Gasteiger partial charge in [0.1, 0.15) is 17.1 Å². The van der Waals surface area contributed by atoms with E-state index in [1.54, 1.807) is 0 Å². The van der Waals surface area contributed by atoms with E-state index in [2.05, 4.69) is 111 Å². The summed E-state index contributed by atoms with van der Waals surface area (Å²) in [6.45, 7) is 16.5. The van der Waals surface area contributed by atoms with Gasteiger partial charge in [0.15, 0.2) is 0 Å². The first-order chi connectivity index (χ1) is 21.8. The number of allylic oxidation sites excluding steroid dienone is 1. The van der Waals surface area contributed by atoms with E-state index < -0.39 is 5.60 Å². The van der Waals surface area contributed by atoms with Crippen LogP contribution in [-0.2, 0) is 17.8 Å². The molecule has 240 valence electrons. The Morgan fingerprint density at radius 1 is 0.956 bits per heavy atom. The van der Waals surface area contributed by atoms with E-state index in [4.69, 9.17) is 9.47 Å². The zero-order valence-electron chi connectivity index (χ0n) is 28.2. The summed E-state index contributed by atoms with van der Waals surface area (Å²) in [6, 6.07) is 19.6. The third-order valence-corrected chi connectivity index (χ3v) is 9.16. The average Bonchev–Trinajstić information content (AvgIpc) is 3.02. The molecule has 2 heterocycles. The van der Waals surface area contributed by atoms with Crippen LogP contribution in [-0.4, -0.2) is 54.1 Å². The van der Waals surface area contributed by atoms with Crippen molar-refractivity contribution in [1.82, 2.24) is 9.80 Å². The minimum atomic E-state index is -0.460. The molecule has 5 heteroatoms. The highest BCUT2D eigenvalue weighted by Gasteiger charge is 2.32. The number of benzene rings is 3. The van der Waals surface area contributed by atoms with E-state index >= 15 is 0 Å². The summed E-state index contributed by atoms with van der Waals surface area (Å²) in [5.41, 5.74) is 5.44. The van der Waals surface area contributed by atoms with Gasteiger partial charge in [-0.1, -0.05) is 76.1 Å². The zero-order valence-corrected chi connectivity index (χ0v) is 28.2. The Hall–Kier alpha value is -3.41. The minimum Gasteiger partial charge on any atom is -0.483 e. The van der Waals surface area contributed by atoms with Crippen molar-refractivity contribution >= 4 is 22.3 Å². The smallest absolute Gasteiger partial charge is 0.311 e. The second-order valence-electron chi connectivity index (χ2n) is 13.2. The number of fused-ring (bicyclic) bond motifs is 2. The first kappa shape index (κ1) is 33.0. The molecule has 0 fully saturated rings. The molecular formula is C40H52N2O3. The summed E-state index contributed by atoms with van der Waals surface area (Å²) < 4.78 is 12.8. The first-order valence-electron chi connectivity index (χ1n) is 17.2. The molecule has 2 aliphatic rings. The van der Waals surface area contributed by atoms with Crippen LogP contribution in [0.25, 0.3) is 16.3 Å². The van der Waals surface area contributed by atoms with Gasteiger partial charge in [-0.05, 0) is 116 Å². The van der Waals surface area contributed by atoms with Crippen LogP contribution in [0.15, 0.2) is 72.3 Å². The third-order valence-electron chi connectivity index (χ3n) is 9.16. The summed E-state index contributed by atoms with van der Waals surface area (Å²) in [6.07, 6.45) is 11.1. The van der Waals surface area contributed by atoms with Crippen LogP contribution in [0.1, 0.15) is 89.8 Å². The van der Waals surface area contributed by atoms with Crippen molar-refractivity contribution in [3.05, 3.63) is 89.0 Å². The van der Waals surface area contributed by atoms with Crippen LogP contribution >= 0.6 is 0 Å². The lowest BCUT2D eigenvalue weighted by molar-refractivity contribution is -0.134. The fourth-order valence-electron chi connectivity index (χ4n) is 6.64. The fourth-order valence-corrected chi connectivity index (χ4v) is 6.64. The molecule has 3 aromatic rings. The molecular weight excluding hydrogens is 556 g/mol. The van der Waals surface area contributed by atoms with Gasteiger partial charge in [-0.2, -0.15) is 0 Å². The van der Waals surface area contributed by atoms with Gasteiger partial charge in [0.2, 0.25) is 0 Å². The molecule has 0 N–H and O–H groups in total. The number of nitrogens with zero attached hydrogens (tertiary/aromatic N) is 2. The van der Waals surface area contributed by atoms with Gasteiger partial charge >= 0.3 is 5.97 Å². The van der Waals surface area contributed by atoms with Gasteiger partial charge in [-0.15, -0.1) is 0 Å². The molecule has 0 aliphatic carbocycles. The van der Waals surface area contributed by atoms with Gasteiger partial charge in [0, 0.05) is 26.1 Å². The first-order valence-corrected chi connectivity index (χ1v) is 17.2. The number of hydrogen-bond donors (Lipinski definition) is 0. The molecule has 3 aromatic carbocycles. The highest BCUT2D eigenvalue weighted by Crippen LogP contribution is 2.47. The quantitative estimate of drug-likeness (QED) is 0.104. The number of esters is 1. The van der Waals surface area contributed by atoms with Crippen molar-refractivity contribution in [2.24, 2.45) is 0 Å².